The molecule has 0 aromatic carbocycles. The summed E-state index contributed by atoms with van der Waals surface area (Å²) in [4.78, 5) is 8.08. The van der Waals surface area contributed by atoms with Gasteiger partial charge in [-0.2, -0.15) is 20.0 Å². The van der Waals surface area contributed by atoms with Gasteiger partial charge in [0.15, 0.2) is 5.82 Å². The van der Waals surface area contributed by atoms with Crippen molar-refractivity contribution >= 4 is 0 Å². The van der Waals surface area contributed by atoms with Crippen LogP contribution in [0.25, 0.3) is 5.82 Å². The second kappa shape index (κ2) is 11.5. The van der Waals surface area contributed by atoms with Gasteiger partial charge in [0, 0.05) is 24.9 Å². The van der Waals surface area contributed by atoms with E-state index in [0.29, 0.717) is 22.9 Å². The lowest BCUT2D eigenvalue weighted by Crippen LogP contribution is -2.11. The highest BCUT2D eigenvalue weighted by Gasteiger charge is 2.18. The molecule has 0 saturated carbocycles. The molecule has 0 N–H and O–H groups in total. The predicted octanol–water partition coefficient (Wildman–Crippen LogP) is 4.48. The van der Waals surface area contributed by atoms with Gasteiger partial charge in [-0.1, -0.05) is 20.4 Å². The second-order valence-electron chi connectivity index (χ2n) is 5.93. The summed E-state index contributed by atoms with van der Waals surface area (Å²) >= 11 is 0. The first-order valence-electron chi connectivity index (χ1n) is 9.53. The standard InChI is InChI=1S/C18H18F2N8O.C2H6/c1-11(17(27-21-3)14-5-4-13(8-22-14)18(19)20)9-29-16-7-6-15(25-26-16)28-12(2)23-10-24-28;1-2/h4-8,10,17-18H,1,9H2,2-3H3;1-2H3. The Morgan fingerprint density at radius 3 is 2.45 bits per heavy atom. The van der Waals surface area contributed by atoms with Crippen LogP contribution in [0.3, 0.4) is 0 Å². The number of aromatic nitrogens is 6. The lowest BCUT2D eigenvalue weighted by Gasteiger charge is -2.15. The maximum absolute atomic E-state index is 12.7. The number of aryl methyl sites for hydroxylation is 1. The molecule has 1 atom stereocenters. The van der Waals surface area contributed by atoms with Crippen LogP contribution < -0.4 is 4.74 Å². The highest BCUT2D eigenvalue weighted by Crippen LogP contribution is 2.26. The normalized spacial score (nSPS) is 11.8. The van der Waals surface area contributed by atoms with E-state index < -0.39 is 12.5 Å². The van der Waals surface area contributed by atoms with Crippen LogP contribution in [0.5, 0.6) is 5.88 Å². The number of nitrogens with zero attached hydrogens (tertiary/aromatic N) is 8. The van der Waals surface area contributed by atoms with E-state index in [0.717, 1.165) is 6.20 Å². The molecule has 0 aliphatic rings. The molecule has 0 saturated heterocycles. The van der Waals surface area contributed by atoms with Crippen molar-refractivity contribution in [2.75, 3.05) is 13.7 Å². The summed E-state index contributed by atoms with van der Waals surface area (Å²) in [6.45, 7) is 9.82. The molecule has 0 bridgehead atoms. The van der Waals surface area contributed by atoms with Gasteiger partial charge in [0.1, 0.15) is 24.8 Å². The van der Waals surface area contributed by atoms with Gasteiger partial charge >= 0.3 is 0 Å². The van der Waals surface area contributed by atoms with Gasteiger partial charge in [-0.15, -0.1) is 10.2 Å². The molecule has 3 aromatic rings. The Kier molecular flexibility index (Phi) is 8.79. The molecule has 31 heavy (non-hydrogen) atoms. The molecular weight excluding hydrogens is 406 g/mol. The van der Waals surface area contributed by atoms with Crippen LogP contribution in [0, 0.1) is 6.92 Å². The zero-order chi connectivity index (χ0) is 22.8. The van der Waals surface area contributed by atoms with E-state index >= 15 is 0 Å². The largest absolute Gasteiger partial charge is 0.472 e. The smallest absolute Gasteiger partial charge is 0.265 e. The Morgan fingerprint density at radius 2 is 1.94 bits per heavy atom. The molecular formula is C20H24F2N8O. The number of pyridine rings is 1. The minimum absolute atomic E-state index is 0.0678. The molecule has 0 amide bonds. The van der Waals surface area contributed by atoms with Crippen LogP contribution in [0.4, 0.5) is 8.78 Å². The molecule has 0 aliphatic heterocycles. The minimum Gasteiger partial charge on any atom is -0.472 e. The van der Waals surface area contributed by atoms with Crippen LogP contribution in [0.2, 0.25) is 0 Å². The Labute approximate surface area is 178 Å². The first-order valence-corrected chi connectivity index (χ1v) is 9.53. The molecule has 3 heterocycles. The fourth-order valence-corrected chi connectivity index (χ4v) is 2.45. The summed E-state index contributed by atoms with van der Waals surface area (Å²) in [6.07, 6.45) is -0.0459. The van der Waals surface area contributed by atoms with Crippen molar-refractivity contribution in [2.45, 2.75) is 33.2 Å². The van der Waals surface area contributed by atoms with Gasteiger partial charge in [-0.3, -0.25) is 4.98 Å². The summed E-state index contributed by atoms with van der Waals surface area (Å²) in [5.41, 5.74) is 0.809. The van der Waals surface area contributed by atoms with Gasteiger partial charge in [0.25, 0.3) is 6.43 Å². The van der Waals surface area contributed by atoms with Crippen LogP contribution in [0.1, 0.15) is 43.4 Å². The van der Waals surface area contributed by atoms with E-state index in [1.54, 1.807) is 23.7 Å². The number of rotatable bonds is 8. The monoisotopic (exact) mass is 430 g/mol. The molecule has 11 heteroatoms. The van der Waals surface area contributed by atoms with Gasteiger partial charge in [0.2, 0.25) is 5.88 Å². The van der Waals surface area contributed by atoms with Crippen molar-refractivity contribution in [3.63, 3.8) is 0 Å². The van der Waals surface area contributed by atoms with Crippen LogP contribution in [-0.4, -0.2) is 43.6 Å². The number of alkyl halides is 2. The van der Waals surface area contributed by atoms with Crippen LogP contribution >= 0.6 is 0 Å². The third-order valence-electron chi connectivity index (χ3n) is 3.93. The minimum atomic E-state index is -2.59. The van der Waals surface area contributed by atoms with E-state index in [9.17, 15) is 8.78 Å². The van der Waals surface area contributed by atoms with E-state index in [2.05, 4.69) is 42.1 Å². The number of hydrogen-bond donors (Lipinski definition) is 0. The number of hydrogen-bond acceptors (Lipinski definition) is 8. The van der Waals surface area contributed by atoms with E-state index in [-0.39, 0.29) is 18.1 Å². The van der Waals surface area contributed by atoms with Crippen LogP contribution in [0.15, 0.2) is 59.2 Å². The zero-order valence-corrected chi connectivity index (χ0v) is 17.8. The van der Waals surface area contributed by atoms with Crippen molar-refractivity contribution < 1.29 is 13.5 Å². The Morgan fingerprint density at radius 1 is 1.16 bits per heavy atom. The van der Waals surface area contributed by atoms with Gasteiger partial charge in [0.05, 0.1) is 5.69 Å². The first kappa shape index (κ1) is 23.6. The molecule has 0 aliphatic carbocycles. The molecule has 0 radical (unpaired) electrons. The zero-order valence-electron chi connectivity index (χ0n) is 17.8. The molecule has 0 spiro atoms. The molecule has 3 aromatic heterocycles. The summed E-state index contributed by atoms with van der Waals surface area (Å²) in [5, 5.41) is 20.0. The first-order chi connectivity index (χ1) is 15.0. The summed E-state index contributed by atoms with van der Waals surface area (Å²) in [5.74, 6) is 1.47. The highest BCUT2D eigenvalue weighted by atomic mass is 19.3. The highest BCUT2D eigenvalue weighted by molar-refractivity contribution is 5.26. The SMILES string of the molecule is C=C(COc1ccc(-n2ncnc2C)nn1)C(N=NC)c1ccc(C(F)F)cn1.CC. The van der Waals surface area contributed by atoms with E-state index in [4.69, 9.17) is 4.74 Å². The quantitative estimate of drug-likeness (QED) is 0.385. The Bertz CT molecular complexity index is 987. The average molecular weight is 430 g/mol. The summed E-state index contributed by atoms with van der Waals surface area (Å²) in [7, 11) is 1.50. The van der Waals surface area contributed by atoms with Crippen molar-refractivity contribution in [1.82, 2.24) is 29.9 Å². The van der Waals surface area contributed by atoms with Gasteiger partial charge in [-0.05, 0) is 30.7 Å². The van der Waals surface area contributed by atoms with Crippen molar-refractivity contribution in [3.8, 4) is 11.7 Å². The third kappa shape index (κ3) is 6.17. The molecule has 3 rings (SSSR count). The predicted molar refractivity (Wildman–Crippen MR) is 110 cm³/mol. The fourth-order valence-electron chi connectivity index (χ4n) is 2.45. The topological polar surface area (TPSA) is 103 Å². The maximum atomic E-state index is 12.7. The number of azo groups is 1. The fraction of sp³-hybridized carbons (Fsp3) is 0.350. The van der Waals surface area contributed by atoms with Crippen molar-refractivity contribution in [2.24, 2.45) is 10.2 Å². The summed E-state index contributed by atoms with van der Waals surface area (Å²) < 4.78 is 32.6. The molecule has 0 fully saturated rings. The van der Waals surface area contributed by atoms with E-state index in [1.807, 2.05) is 13.8 Å². The Balaban J connectivity index is 0.00000166. The summed E-state index contributed by atoms with van der Waals surface area (Å²) in [6, 6.07) is 5.48. The second-order valence-corrected chi connectivity index (χ2v) is 5.93. The number of ether oxygens (including phenoxy) is 1. The number of halogens is 2. The third-order valence-corrected chi connectivity index (χ3v) is 3.93. The molecule has 1 unspecified atom stereocenters. The maximum Gasteiger partial charge on any atom is 0.265 e. The molecule has 164 valence electrons. The lowest BCUT2D eigenvalue weighted by atomic mass is 10.1. The van der Waals surface area contributed by atoms with Crippen LogP contribution in [-0.2, 0) is 0 Å². The van der Waals surface area contributed by atoms with Gasteiger partial charge < -0.3 is 4.74 Å². The van der Waals surface area contributed by atoms with Crippen molar-refractivity contribution in [1.29, 1.82) is 0 Å². The molecule has 9 nitrogen and oxygen atoms in total. The average Bonchev–Trinajstić information content (AvgIpc) is 3.23. The Hall–Kier alpha value is -3.63. The lowest BCUT2D eigenvalue weighted by molar-refractivity contribution is 0.151. The van der Waals surface area contributed by atoms with E-state index in [1.165, 1.54) is 25.5 Å². The van der Waals surface area contributed by atoms with Gasteiger partial charge in [-0.25, -0.2) is 13.8 Å². The van der Waals surface area contributed by atoms with Crippen molar-refractivity contribution in [3.05, 3.63) is 66.0 Å².